The second kappa shape index (κ2) is 6.27. The summed E-state index contributed by atoms with van der Waals surface area (Å²) in [5.74, 6) is 1.73. The van der Waals surface area contributed by atoms with Crippen molar-refractivity contribution in [3.8, 4) is 5.75 Å². The molecule has 0 bridgehead atoms. The van der Waals surface area contributed by atoms with Crippen molar-refractivity contribution in [1.82, 2.24) is 4.90 Å². The third-order valence-electron chi connectivity index (χ3n) is 3.19. The van der Waals surface area contributed by atoms with E-state index < -0.39 is 0 Å². The summed E-state index contributed by atoms with van der Waals surface area (Å²) in [6, 6.07) is 7.59. The van der Waals surface area contributed by atoms with Gasteiger partial charge < -0.3 is 9.64 Å². The molecule has 1 aromatic carbocycles. The molecule has 1 unspecified atom stereocenters. The highest BCUT2D eigenvalue weighted by molar-refractivity contribution is 6.30. The van der Waals surface area contributed by atoms with E-state index in [4.69, 9.17) is 16.3 Å². The van der Waals surface area contributed by atoms with Gasteiger partial charge in [0.25, 0.3) is 0 Å². The Balaban J connectivity index is 1.63. The van der Waals surface area contributed by atoms with E-state index in [9.17, 15) is 0 Å². The third kappa shape index (κ3) is 4.21. The Labute approximate surface area is 109 Å². The maximum Gasteiger partial charge on any atom is 0.120 e. The first kappa shape index (κ1) is 12.7. The van der Waals surface area contributed by atoms with Crippen LogP contribution in [-0.4, -0.2) is 31.1 Å². The van der Waals surface area contributed by atoms with Gasteiger partial charge in [0.1, 0.15) is 5.75 Å². The number of hydrogen-bond acceptors (Lipinski definition) is 2. The van der Waals surface area contributed by atoms with Crippen LogP contribution < -0.4 is 4.74 Å². The Bertz CT molecular complexity index is 356. The molecule has 1 aromatic rings. The van der Waals surface area contributed by atoms with Crippen molar-refractivity contribution in [3.05, 3.63) is 29.3 Å². The maximum atomic E-state index is 5.89. The predicted octanol–water partition coefficient (Wildman–Crippen LogP) is 3.45. The SMILES string of the molecule is CC1CCN(CCCOc2cccc(Cl)c2)C1. The summed E-state index contributed by atoms with van der Waals surface area (Å²) in [6.45, 7) is 6.73. The van der Waals surface area contributed by atoms with Crippen molar-refractivity contribution in [2.24, 2.45) is 5.92 Å². The fraction of sp³-hybridized carbons (Fsp3) is 0.571. The molecule has 1 aliphatic heterocycles. The quantitative estimate of drug-likeness (QED) is 0.746. The minimum atomic E-state index is 0.732. The van der Waals surface area contributed by atoms with Crippen molar-refractivity contribution in [1.29, 1.82) is 0 Å². The van der Waals surface area contributed by atoms with Crippen LogP contribution in [0.3, 0.4) is 0 Å². The average molecular weight is 254 g/mol. The molecule has 0 N–H and O–H groups in total. The van der Waals surface area contributed by atoms with Crippen molar-refractivity contribution in [2.75, 3.05) is 26.2 Å². The molecule has 1 atom stereocenters. The summed E-state index contributed by atoms with van der Waals surface area (Å²) in [7, 11) is 0. The van der Waals surface area contributed by atoms with E-state index in [0.29, 0.717) is 0 Å². The van der Waals surface area contributed by atoms with E-state index in [2.05, 4.69) is 11.8 Å². The number of rotatable bonds is 5. The number of likely N-dealkylation sites (tertiary alicyclic amines) is 1. The van der Waals surface area contributed by atoms with Gasteiger partial charge >= 0.3 is 0 Å². The summed E-state index contributed by atoms with van der Waals surface area (Å²) in [6.07, 6.45) is 2.42. The second-order valence-electron chi connectivity index (χ2n) is 4.85. The van der Waals surface area contributed by atoms with Crippen LogP contribution in [0.5, 0.6) is 5.75 Å². The van der Waals surface area contributed by atoms with E-state index in [-0.39, 0.29) is 0 Å². The first-order valence-electron chi connectivity index (χ1n) is 6.35. The number of benzene rings is 1. The standard InChI is InChI=1S/C14H20ClNO/c1-12-6-8-16(11-12)7-3-9-17-14-5-2-4-13(15)10-14/h2,4-5,10,12H,3,6-9,11H2,1H3. The molecule has 0 aromatic heterocycles. The lowest BCUT2D eigenvalue weighted by atomic mass is 10.2. The summed E-state index contributed by atoms with van der Waals surface area (Å²) in [5, 5.41) is 0.732. The highest BCUT2D eigenvalue weighted by Gasteiger charge is 2.17. The minimum Gasteiger partial charge on any atom is -0.493 e. The molecule has 1 saturated heterocycles. The van der Waals surface area contributed by atoms with Crippen LogP contribution in [0.15, 0.2) is 24.3 Å². The highest BCUT2D eigenvalue weighted by Crippen LogP contribution is 2.18. The molecule has 1 heterocycles. The van der Waals surface area contributed by atoms with E-state index in [1.54, 1.807) is 0 Å². The fourth-order valence-electron chi connectivity index (χ4n) is 2.26. The van der Waals surface area contributed by atoms with Crippen LogP contribution in [0, 0.1) is 5.92 Å². The van der Waals surface area contributed by atoms with Crippen LogP contribution in [0.1, 0.15) is 19.8 Å². The van der Waals surface area contributed by atoms with Gasteiger partial charge in [-0.25, -0.2) is 0 Å². The monoisotopic (exact) mass is 253 g/mol. The molecular formula is C14H20ClNO. The third-order valence-corrected chi connectivity index (χ3v) is 3.43. The summed E-state index contributed by atoms with van der Waals surface area (Å²) < 4.78 is 5.66. The lowest BCUT2D eigenvalue weighted by Crippen LogP contribution is -2.22. The lowest BCUT2D eigenvalue weighted by Gasteiger charge is -2.15. The Morgan fingerprint density at radius 2 is 2.35 bits per heavy atom. The molecule has 1 fully saturated rings. The van der Waals surface area contributed by atoms with Gasteiger partial charge in [0, 0.05) is 18.1 Å². The van der Waals surface area contributed by atoms with E-state index in [0.717, 1.165) is 36.3 Å². The Morgan fingerprint density at radius 1 is 1.47 bits per heavy atom. The molecule has 2 rings (SSSR count). The van der Waals surface area contributed by atoms with Crippen LogP contribution in [0.25, 0.3) is 0 Å². The zero-order chi connectivity index (χ0) is 12.1. The molecule has 0 radical (unpaired) electrons. The van der Waals surface area contributed by atoms with E-state index >= 15 is 0 Å². The molecule has 0 saturated carbocycles. The molecule has 0 aliphatic carbocycles. The zero-order valence-electron chi connectivity index (χ0n) is 10.4. The number of nitrogens with zero attached hydrogens (tertiary/aromatic N) is 1. The molecule has 2 nitrogen and oxygen atoms in total. The normalized spacial score (nSPS) is 20.7. The highest BCUT2D eigenvalue weighted by atomic mass is 35.5. The Hall–Kier alpha value is -0.730. The van der Waals surface area contributed by atoms with Crippen molar-refractivity contribution >= 4 is 11.6 Å². The second-order valence-corrected chi connectivity index (χ2v) is 5.29. The molecule has 17 heavy (non-hydrogen) atoms. The summed E-state index contributed by atoms with van der Waals surface area (Å²) >= 11 is 5.89. The van der Waals surface area contributed by atoms with Gasteiger partial charge in [-0.3, -0.25) is 0 Å². The van der Waals surface area contributed by atoms with E-state index in [1.165, 1.54) is 19.5 Å². The Morgan fingerprint density at radius 3 is 3.06 bits per heavy atom. The minimum absolute atomic E-state index is 0.732. The topological polar surface area (TPSA) is 12.5 Å². The van der Waals surface area contributed by atoms with Crippen LogP contribution >= 0.6 is 11.6 Å². The number of ether oxygens (including phenoxy) is 1. The zero-order valence-corrected chi connectivity index (χ0v) is 11.1. The number of hydrogen-bond donors (Lipinski definition) is 0. The van der Waals surface area contributed by atoms with Gasteiger partial charge in [0.05, 0.1) is 6.61 Å². The maximum absolute atomic E-state index is 5.89. The number of halogens is 1. The van der Waals surface area contributed by atoms with Crippen LogP contribution in [-0.2, 0) is 0 Å². The van der Waals surface area contributed by atoms with Crippen LogP contribution in [0.2, 0.25) is 5.02 Å². The largest absolute Gasteiger partial charge is 0.493 e. The van der Waals surface area contributed by atoms with Gasteiger partial charge in [-0.05, 0) is 43.5 Å². The molecular weight excluding hydrogens is 234 g/mol. The van der Waals surface area contributed by atoms with Gasteiger partial charge in [0.15, 0.2) is 0 Å². The smallest absolute Gasteiger partial charge is 0.120 e. The van der Waals surface area contributed by atoms with Crippen molar-refractivity contribution < 1.29 is 4.74 Å². The van der Waals surface area contributed by atoms with Crippen LogP contribution in [0.4, 0.5) is 0 Å². The lowest BCUT2D eigenvalue weighted by molar-refractivity contribution is 0.259. The molecule has 94 valence electrons. The molecule has 0 amide bonds. The Kier molecular flexibility index (Phi) is 4.69. The first-order valence-corrected chi connectivity index (χ1v) is 6.72. The van der Waals surface area contributed by atoms with Crippen molar-refractivity contribution in [3.63, 3.8) is 0 Å². The first-order chi connectivity index (χ1) is 8.24. The van der Waals surface area contributed by atoms with E-state index in [1.807, 2.05) is 24.3 Å². The predicted molar refractivity (Wildman–Crippen MR) is 71.8 cm³/mol. The average Bonchev–Trinajstić information content (AvgIpc) is 2.71. The van der Waals surface area contributed by atoms with Crippen molar-refractivity contribution in [2.45, 2.75) is 19.8 Å². The summed E-state index contributed by atoms with van der Waals surface area (Å²) in [5.41, 5.74) is 0. The fourth-order valence-corrected chi connectivity index (χ4v) is 2.44. The molecule has 3 heteroatoms. The molecule has 0 spiro atoms. The van der Waals surface area contributed by atoms with Gasteiger partial charge in [-0.15, -0.1) is 0 Å². The summed E-state index contributed by atoms with van der Waals surface area (Å²) in [4.78, 5) is 2.52. The van der Waals surface area contributed by atoms with Gasteiger partial charge in [0.2, 0.25) is 0 Å². The van der Waals surface area contributed by atoms with Gasteiger partial charge in [-0.2, -0.15) is 0 Å². The molecule has 1 aliphatic rings. The van der Waals surface area contributed by atoms with Gasteiger partial charge in [-0.1, -0.05) is 24.6 Å².